The van der Waals surface area contributed by atoms with Crippen LogP contribution in [0, 0.1) is 11.3 Å². The second-order valence-electron chi connectivity index (χ2n) is 5.20. The number of rotatable bonds is 4. The van der Waals surface area contributed by atoms with Gasteiger partial charge >= 0.3 is 0 Å². The van der Waals surface area contributed by atoms with E-state index in [0.29, 0.717) is 6.42 Å². The zero-order valence-corrected chi connectivity index (χ0v) is 12.4. The van der Waals surface area contributed by atoms with E-state index in [1.807, 2.05) is 13.1 Å². The first kappa shape index (κ1) is 15.0. The average Bonchev–Trinajstić information content (AvgIpc) is 2.39. The Kier molecular flexibility index (Phi) is 4.76. The van der Waals surface area contributed by atoms with Gasteiger partial charge in [0, 0.05) is 12.6 Å². The van der Waals surface area contributed by atoms with E-state index in [2.05, 4.69) is 9.62 Å². The predicted octanol–water partition coefficient (Wildman–Crippen LogP) is 1.13. The van der Waals surface area contributed by atoms with Crippen LogP contribution >= 0.6 is 0 Å². The summed E-state index contributed by atoms with van der Waals surface area (Å²) in [7, 11) is -1.48. The summed E-state index contributed by atoms with van der Waals surface area (Å²) in [6.45, 7) is 1.76. The van der Waals surface area contributed by atoms with Gasteiger partial charge in [-0.2, -0.15) is 5.26 Å². The molecule has 0 radical (unpaired) electrons. The average molecular weight is 293 g/mol. The molecule has 0 amide bonds. The number of hydrogen-bond donors (Lipinski definition) is 1. The third-order valence-electron chi connectivity index (χ3n) is 3.46. The maximum Gasteiger partial charge on any atom is 0.240 e. The lowest BCUT2D eigenvalue weighted by Crippen LogP contribution is -2.46. The zero-order chi connectivity index (χ0) is 14.6. The summed E-state index contributed by atoms with van der Waals surface area (Å²) >= 11 is 0. The van der Waals surface area contributed by atoms with Gasteiger partial charge in [-0.25, -0.2) is 13.1 Å². The second kappa shape index (κ2) is 6.35. The summed E-state index contributed by atoms with van der Waals surface area (Å²) in [6, 6.07) is 8.50. The first-order valence-electron chi connectivity index (χ1n) is 6.68. The summed E-state index contributed by atoms with van der Waals surface area (Å²) in [5.41, 5.74) is 0.823. The molecule has 2 rings (SSSR count). The molecule has 6 heteroatoms. The number of hydrogen-bond acceptors (Lipinski definition) is 4. The largest absolute Gasteiger partial charge is 0.305 e. The normalized spacial score (nSPS) is 20.5. The third-order valence-corrected chi connectivity index (χ3v) is 5.00. The SMILES string of the molecule is CN1CCCC(NS(=O)(=O)c2ccc(CC#N)cc2)C1. The minimum absolute atomic E-state index is 0.0301. The molecule has 1 aliphatic heterocycles. The summed E-state index contributed by atoms with van der Waals surface area (Å²) in [6.07, 6.45) is 2.17. The van der Waals surface area contributed by atoms with Crippen LogP contribution < -0.4 is 4.72 Å². The number of nitrogens with zero attached hydrogens (tertiary/aromatic N) is 2. The molecule has 5 nitrogen and oxygen atoms in total. The fourth-order valence-electron chi connectivity index (χ4n) is 2.43. The molecule has 1 N–H and O–H groups in total. The highest BCUT2D eigenvalue weighted by atomic mass is 32.2. The lowest BCUT2D eigenvalue weighted by atomic mass is 10.1. The van der Waals surface area contributed by atoms with Crippen molar-refractivity contribution in [3.8, 4) is 6.07 Å². The van der Waals surface area contributed by atoms with Gasteiger partial charge in [0.25, 0.3) is 0 Å². The molecule has 0 aliphatic carbocycles. The van der Waals surface area contributed by atoms with Crippen LogP contribution in [0.5, 0.6) is 0 Å². The fraction of sp³-hybridized carbons (Fsp3) is 0.500. The molecule has 20 heavy (non-hydrogen) atoms. The minimum Gasteiger partial charge on any atom is -0.305 e. The maximum absolute atomic E-state index is 12.3. The second-order valence-corrected chi connectivity index (χ2v) is 6.92. The van der Waals surface area contributed by atoms with E-state index in [-0.39, 0.29) is 10.9 Å². The van der Waals surface area contributed by atoms with Crippen molar-refractivity contribution in [3.05, 3.63) is 29.8 Å². The number of piperidine rings is 1. The van der Waals surface area contributed by atoms with Crippen molar-refractivity contribution in [2.45, 2.75) is 30.2 Å². The van der Waals surface area contributed by atoms with Crippen molar-refractivity contribution in [2.75, 3.05) is 20.1 Å². The van der Waals surface area contributed by atoms with E-state index < -0.39 is 10.0 Å². The Morgan fingerprint density at radius 2 is 2.10 bits per heavy atom. The number of benzene rings is 1. The van der Waals surface area contributed by atoms with Crippen LogP contribution in [0.1, 0.15) is 18.4 Å². The third kappa shape index (κ3) is 3.79. The van der Waals surface area contributed by atoms with Gasteiger partial charge in [0.2, 0.25) is 10.0 Å². The first-order valence-corrected chi connectivity index (χ1v) is 8.16. The van der Waals surface area contributed by atoms with E-state index in [9.17, 15) is 8.42 Å². The molecule has 0 bridgehead atoms. The highest BCUT2D eigenvalue weighted by molar-refractivity contribution is 7.89. The van der Waals surface area contributed by atoms with Gasteiger partial charge in [0.15, 0.2) is 0 Å². The summed E-state index contributed by atoms with van der Waals surface area (Å²) in [5.74, 6) is 0. The van der Waals surface area contributed by atoms with Gasteiger partial charge in [0.1, 0.15) is 0 Å². The maximum atomic E-state index is 12.3. The molecule has 0 saturated carbocycles. The molecule has 1 saturated heterocycles. The van der Waals surface area contributed by atoms with E-state index in [1.165, 1.54) is 0 Å². The van der Waals surface area contributed by atoms with Gasteiger partial charge in [-0.3, -0.25) is 0 Å². The smallest absolute Gasteiger partial charge is 0.240 e. The van der Waals surface area contributed by atoms with Gasteiger partial charge in [-0.15, -0.1) is 0 Å². The molecule has 1 aromatic rings. The Morgan fingerprint density at radius 1 is 1.40 bits per heavy atom. The molecule has 1 heterocycles. The van der Waals surface area contributed by atoms with Crippen molar-refractivity contribution in [1.29, 1.82) is 5.26 Å². The number of sulfonamides is 1. The van der Waals surface area contributed by atoms with Gasteiger partial charge in [-0.05, 0) is 44.1 Å². The van der Waals surface area contributed by atoms with E-state index in [4.69, 9.17) is 5.26 Å². The minimum atomic E-state index is -3.47. The zero-order valence-electron chi connectivity index (χ0n) is 11.5. The molecule has 1 atom stereocenters. The molecular weight excluding hydrogens is 274 g/mol. The van der Waals surface area contributed by atoms with Crippen molar-refractivity contribution in [3.63, 3.8) is 0 Å². The van der Waals surface area contributed by atoms with Crippen LogP contribution in [0.4, 0.5) is 0 Å². The Morgan fingerprint density at radius 3 is 2.70 bits per heavy atom. The lowest BCUT2D eigenvalue weighted by Gasteiger charge is -2.29. The van der Waals surface area contributed by atoms with Gasteiger partial charge in [-0.1, -0.05) is 12.1 Å². The Balaban J connectivity index is 2.08. The monoisotopic (exact) mass is 293 g/mol. The first-order chi connectivity index (χ1) is 9.51. The Labute approximate surface area is 120 Å². The molecule has 1 aromatic carbocycles. The van der Waals surface area contributed by atoms with E-state index in [0.717, 1.165) is 31.5 Å². The molecule has 1 unspecified atom stereocenters. The number of nitrogens with one attached hydrogen (secondary N) is 1. The number of likely N-dealkylation sites (tertiary alicyclic amines) is 1. The molecule has 1 fully saturated rings. The predicted molar refractivity (Wildman–Crippen MR) is 76.6 cm³/mol. The molecule has 0 aromatic heterocycles. The van der Waals surface area contributed by atoms with Crippen molar-refractivity contribution in [2.24, 2.45) is 0 Å². The van der Waals surface area contributed by atoms with Gasteiger partial charge in [0.05, 0.1) is 17.4 Å². The lowest BCUT2D eigenvalue weighted by molar-refractivity contribution is 0.242. The van der Waals surface area contributed by atoms with Crippen LogP contribution in [-0.4, -0.2) is 39.5 Å². The quantitative estimate of drug-likeness (QED) is 0.903. The Bertz CT molecular complexity index is 590. The van der Waals surface area contributed by atoms with Crippen LogP contribution in [0.3, 0.4) is 0 Å². The Hall–Kier alpha value is -1.42. The van der Waals surface area contributed by atoms with Crippen molar-refractivity contribution < 1.29 is 8.42 Å². The summed E-state index contributed by atoms with van der Waals surface area (Å²) in [4.78, 5) is 2.39. The molecule has 1 aliphatic rings. The fourth-order valence-corrected chi connectivity index (χ4v) is 3.69. The summed E-state index contributed by atoms with van der Waals surface area (Å²) in [5, 5.41) is 8.60. The number of nitriles is 1. The van der Waals surface area contributed by atoms with Crippen molar-refractivity contribution in [1.82, 2.24) is 9.62 Å². The highest BCUT2D eigenvalue weighted by Gasteiger charge is 2.23. The van der Waals surface area contributed by atoms with E-state index in [1.54, 1.807) is 24.3 Å². The van der Waals surface area contributed by atoms with Crippen LogP contribution in [-0.2, 0) is 16.4 Å². The van der Waals surface area contributed by atoms with Crippen molar-refractivity contribution >= 4 is 10.0 Å². The van der Waals surface area contributed by atoms with Crippen LogP contribution in [0.15, 0.2) is 29.2 Å². The van der Waals surface area contributed by atoms with Gasteiger partial charge < -0.3 is 4.90 Å². The van der Waals surface area contributed by atoms with Crippen LogP contribution in [0.2, 0.25) is 0 Å². The number of likely N-dealkylation sites (N-methyl/N-ethyl adjacent to an activating group) is 1. The topological polar surface area (TPSA) is 73.2 Å². The molecule has 108 valence electrons. The summed E-state index contributed by atoms with van der Waals surface area (Å²) < 4.78 is 27.3. The van der Waals surface area contributed by atoms with E-state index >= 15 is 0 Å². The molecule has 0 spiro atoms. The highest BCUT2D eigenvalue weighted by Crippen LogP contribution is 2.14. The molecular formula is C14H19N3O2S. The standard InChI is InChI=1S/C14H19N3O2S/c1-17-10-2-3-13(11-17)16-20(18,19)14-6-4-12(5-7-14)8-9-15/h4-7,13,16H,2-3,8,10-11H2,1H3. The van der Waals surface area contributed by atoms with Crippen LogP contribution in [0.25, 0.3) is 0 Å².